The molecule has 0 radical (unpaired) electrons. The summed E-state index contributed by atoms with van der Waals surface area (Å²) in [7, 11) is 0. The molecule has 0 spiro atoms. The van der Waals surface area contributed by atoms with Gasteiger partial charge < -0.3 is 53.9 Å². The number of nitrogens with one attached hydrogen (secondary N) is 6. The van der Waals surface area contributed by atoms with Gasteiger partial charge in [0.25, 0.3) is 0 Å². The molecule has 1 aromatic heterocycles. The normalized spacial score (nSPS) is 14.4. The van der Waals surface area contributed by atoms with Gasteiger partial charge >= 0.3 is 5.97 Å². The Labute approximate surface area is 332 Å². The highest BCUT2D eigenvalue weighted by molar-refractivity contribution is 5.96. The van der Waals surface area contributed by atoms with Gasteiger partial charge in [-0.1, -0.05) is 62.4 Å². The van der Waals surface area contributed by atoms with Gasteiger partial charge in [0.2, 0.25) is 35.4 Å². The summed E-state index contributed by atoms with van der Waals surface area (Å²) in [4.78, 5) is 94.2. The lowest BCUT2D eigenvalue weighted by molar-refractivity contribution is -0.142. The smallest absolute Gasteiger partial charge is 0.326 e. The fraction of sp³-hybridized carbons (Fsp3) is 0.475. The Hall–Kier alpha value is -5.81. The van der Waals surface area contributed by atoms with Crippen molar-refractivity contribution in [2.45, 2.75) is 108 Å². The number of nitrogens with two attached hydrogens (primary N) is 3. The van der Waals surface area contributed by atoms with Crippen molar-refractivity contribution >= 4 is 52.3 Å². The topological polar surface area (TPSA) is 294 Å². The summed E-state index contributed by atoms with van der Waals surface area (Å²) in [6.45, 7) is 5.41. The van der Waals surface area contributed by atoms with Crippen molar-refractivity contribution in [2.24, 2.45) is 23.1 Å². The van der Waals surface area contributed by atoms with Crippen molar-refractivity contribution in [1.82, 2.24) is 31.6 Å². The Morgan fingerprint density at radius 2 is 1.26 bits per heavy atom. The first-order valence-electron chi connectivity index (χ1n) is 19.2. The molecule has 0 aliphatic heterocycles. The number of H-pyrrole nitrogens is 1. The number of carbonyl (C=O) groups is 7. The van der Waals surface area contributed by atoms with E-state index < -0.39 is 77.7 Å². The SMILES string of the molecule is CC(C)C[C@H](NC(=O)[C@@H](N)Cc1ccccc1)C(=O)N[C@@H](CCCCN)C(=O)N[C@@H](CCC(N)=O)C(=O)N[C@@H](C)C(=O)N[C@@H](Cc1c[nH]c2ccccc12)C(=O)O. The molecule has 0 unspecified atom stereocenters. The van der Waals surface area contributed by atoms with Crippen LogP contribution in [0.4, 0.5) is 0 Å². The van der Waals surface area contributed by atoms with Gasteiger partial charge in [-0.3, -0.25) is 28.8 Å². The molecule has 0 fully saturated rings. The molecule has 310 valence electrons. The van der Waals surface area contributed by atoms with Crippen LogP contribution in [0, 0.1) is 5.92 Å². The maximum Gasteiger partial charge on any atom is 0.326 e. The highest BCUT2D eigenvalue weighted by Crippen LogP contribution is 2.19. The lowest BCUT2D eigenvalue weighted by Crippen LogP contribution is -2.59. The number of primary amides is 1. The molecule has 0 aliphatic rings. The molecule has 13 N–H and O–H groups in total. The number of unbranched alkanes of at least 4 members (excludes halogenated alkanes) is 1. The quantitative estimate of drug-likeness (QED) is 0.0552. The van der Waals surface area contributed by atoms with E-state index in [4.69, 9.17) is 17.2 Å². The van der Waals surface area contributed by atoms with Crippen molar-refractivity contribution in [2.75, 3.05) is 6.54 Å². The molecule has 6 atom stereocenters. The van der Waals surface area contributed by atoms with Gasteiger partial charge in [0.15, 0.2) is 0 Å². The summed E-state index contributed by atoms with van der Waals surface area (Å²) >= 11 is 0. The number of hydrogen-bond acceptors (Lipinski definition) is 9. The second-order valence-electron chi connectivity index (χ2n) is 14.6. The van der Waals surface area contributed by atoms with Crippen molar-refractivity contribution in [3.8, 4) is 0 Å². The number of carbonyl (C=O) groups excluding carboxylic acids is 6. The van der Waals surface area contributed by atoms with Crippen LogP contribution in [0.2, 0.25) is 0 Å². The average molecular weight is 792 g/mol. The van der Waals surface area contributed by atoms with Gasteiger partial charge in [-0.2, -0.15) is 0 Å². The van der Waals surface area contributed by atoms with Crippen molar-refractivity contribution in [3.05, 3.63) is 71.9 Å². The Kier molecular flexibility index (Phi) is 18.1. The summed E-state index contributed by atoms with van der Waals surface area (Å²) in [5.41, 5.74) is 19.5. The van der Waals surface area contributed by atoms with Crippen LogP contribution in [-0.2, 0) is 46.4 Å². The first-order valence-corrected chi connectivity index (χ1v) is 19.2. The van der Waals surface area contributed by atoms with E-state index in [0.717, 1.165) is 16.5 Å². The second-order valence-corrected chi connectivity index (χ2v) is 14.6. The molecule has 3 aromatic rings. The van der Waals surface area contributed by atoms with Gasteiger partial charge in [0.1, 0.15) is 30.2 Å². The van der Waals surface area contributed by atoms with E-state index in [-0.39, 0.29) is 44.4 Å². The number of amides is 6. The minimum absolute atomic E-state index is 0.0312. The van der Waals surface area contributed by atoms with Gasteiger partial charge in [0.05, 0.1) is 6.04 Å². The van der Waals surface area contributed by atoms with Crippen LogP contribution in [0.3, 0.4) is 0 Å². The van der Waals surface area contributed by atoms with E-state index in [1.807, 2.05) is 68.4 Å². The van der Waals surface area contributed by atoms with E-state index in [0.29, 0.717) is 24.9 Å². The molecule has 0 saturated heterocycles. The molecular weight excluding hydrogens is 734 g/mol. The van der Waals surface area contributed by atoms with Crippen molar-refractivity contribution < 1.29 is 38.7 Å². The Morgan fingerprint density at radius 1 is 0.684 bits per heavy atom. The van der Waals surface area contributed by atoms with E-state index in [2.05, 4.69) is 31.6 Å². The molecular formula is C40H57N9O8. The summed E-state index contributed by atoms with van der Waals surface area (Å²) in [6.07, 6.45) is 2.64. The van der Waals surface area contributed by atoms with E-state index in [1.165, 1.54) is 6.92 Å². The van der Waals surface area contributed by atoms with Crippen molar-refractivity contribution in [3.63, 3.8) is 0 Å². The number of carboxylic acid groups (broad SMARTS) is 1. The Morgan fingerprint density at radius 3 is 1.89 bits per heavy atom. The standard InChI is InChI=1S/C40H57N9O8/c1-23(2)19-32(48-36(52)28(42)20-25-11-5-4-6-12-25)39(55)46-30(15-9-10-18-41)38(54)47-31(16-17-34(43)50)37(53)45-24(3)35(51)49-33(40(56)57)21-26-22-44-29-14-8-7-13-27(26)29/h4-8,11-14,22-24,28,30-33,44H,9-10,15-21,41-42H2,1-3H3,(H2,43,50)(H,45,53)(H,46,55)(H,47,54)(H,48,52)(H,49,51)(H,56,57)/t24-,28-,30-,31-,32-,33-/m0/s1. The summed E-state index contributed by atoms with van der Waals surface area (Å²) in [5, 5.41) is 23.6. The van der Waals surface area contributed by atoms with E-state index in [1.54, 1.807) is 6.20 Å². The second kappa shape index (κ2) is 22.7. The first-order chi connectivity index (χ1) is 27.1. The van der Waals surface area contributed by atoms with Gasteiger partial charge in [-0.25, -0.2) is 4.79 Å². The Balaban J connectivity index is 1.72. The van der Waals surface area contributed by atoms with Crippen LogP contribution >= 0.6 is 0 Å². The molecule has 17 heteroatoms. The zero-order chi connectivity index (χ0) is 42.1. The molecule has 57 heavy (non-hydrogen) atoms. The van der Waals surface area contributed by atoms with Crippen molar-refractivity contribution in [1.29, 1.82) is 0 Å². The monoisotopic (exact) mass is 791 g/mol. The molecule has 3 rings (SSSR count). The van der Waals surface area contributed by atoms with E-state index in [9.17, 15) is 38.7 Å². The molecule has 2 aromatic carbocycles. The zero-order valence-electron chi connectivity index (χ0n) is 32.7. The highest BCUT2D eigenvalue weighted by Gasteiger charge is 2.32. The van der Waals surface area contributed by atoms with Gasteiger partial charge in [0, 0.05) is 29.9 Å². The minimum Gasteiger partial charge on any atom is -0.480 e. The summed E-state index contributed by atoms with van der Waals surface area (Å²) in [5.74, 6) is -5.66. The maximum atomic E-state index is 13.8. The van der Waals surface area contributed by atoms with Gasteiger partial charge in [-0.15, -0.1) is 0 Å². The lowest BCUT2D eigenvalue weighted by atomic mass is 10.00. The molecule has 17 nitrogen and oxygen atoms in total. The number of para-hydroxylation sites is 1. The Bertz CT molecular complexity index is 1830. The van der Waals surface area contributed by atoms with Gasteiger partial charge in [-0.05, 0) is 75.1 Å². The van der Waals surface area contributed by atoms with Crippen LogP contribution in [0.25, 0.3) is 10.9 Å². The average Bonchev–Trinajstić information content (AvgIpc) is 3.57. The van der Waals surface area contributed by atoms with E-state index >= 15 is 0 Å². The third-order valence-electron chi connectivity index (χ3n) is 9.33. The number of benzene rings is 2. The molecule has 1 heterocycles. The molecule has 6 amide bonds. The fourth-order valence-electron chi connectivity index (χ4n) is 6.20. The number of carboxylic acids is 1. The minimum atomic E-state index is -1.38. The number of aromatic amines is 1. The number of hydrogen-bond donors (Lipinski definition) is 10. The largest absolute Gasteiger partial charge is 0.480 e. The number of fused-ring (bicyclic) bond motifs is 1. The molecule has 0 aliphatic carbocycles. The number of rotatable bonds is 24. The third kappa shape index (κ3) is 15.0. The van der Waals surface area contributed by atoms with Crippen LogP contribution in [0.5, 0.6) is 0 Å². The zero-order valence-corrected chi connectivity index (χ0v) is 32.7. The number of aliphatic carboxylic acids is 1. The van der Waals surface area contributed by atoms with Crippen LogP contribution in [-0.4, -0.2) is 94.3 Å². The van der Waals surface area contributed by atoms with Crippen LogP contribution in [0.15, 0.2) is 60.8 Å². The predicted octanol–water partition coefficient (Wildman–Crippen LogP) is 0.250. The van der Waals surface area contributed by atoms with Crippen LogP contribution < -0.4 is 43.8 Å². The lowest BCUT2D eigenvalue weighted by Gasteiger charge is -2.27. The third-order valence-corrected chi connectivity index (χ3v) is 9.33. The maximum absolute atomic E-state index is 13.8. The molecule has 0 bridgehead atoms. The fourth-order valence-corrected chi connectivity index (χ4v) is 6.20. The summed E-state index contributed by atoms with van der Waals surface area (Å²) < 4.78 is 0. The first kappa shape index (κ1) is 45.6. The van der Waals surface area contributed by atoms with Crippen LogP contribution in [0.1, 0.15) is 70.4 Å². The summed E-state index contributed by atoms with van der Waals surface area (Å²) in [6, 6.07) is 9.35. The number of aromatic nitrogens is 1. The highest BCUT2D eigenvalue weighted by atomic mass is 16.4. The molecule has 0 saturated carbocycles. The predicted molar refractivity (Wildman–Crippen MR) is 214 cm³/mol.